The summed E-state index contributed by atoms with van der Waals surface area (Å²) < 4.78 is 0. The van der Waals surface area contributed by atoms with Gasteiger partial charge in [0.15, 0.2) is 0 Å². The van der Waals surface area contributed by atoms with Gasteiger partial charge in [-0.15, -0.1) is 0 Å². The van der Waals surface area contributed by atoms with E-state index in [1.165, 1.54) is 5.56 Å². The van der Waals surface area contributed by atoms with Crippen LogP contribution >= 0.6 is 0 Å². The zero-order valence-electron chi connectivity index (χ0n) is 14.0. The van der Waals surface area contributed by atoms with E-state index in [-0.39, 0.29) is 18.1 Å². The van der Waals surface area contributed by atoms with Gasteiger partial charge in [-0.25, -0.2) is 0 Å². The molecule has 0 aliphatic carbocycles. The van der Waals surface area contributed by atoms with E-state index in [1.54, 1.807) is 0 Å². The Morgan fingerprint density at radius 2 is 1.71 bits per heavy atom. The molecule has 0 fully saturated rings. The maximum Gasteiger partial charge on any atom is 0.0558 e. The molecule has 21 heavy (non-hydrogen) atoms. The molecular weight excluding hydrogens is 260 g/mol. The van der Waals surface area contributed by atoms with Crippen LogP contribution in [0, 0.1) is 5.41 Å². The predicted molar refractivity (Wildman–Crippen MR) is 90.2 cm³/mol. The first kappa shape index (κ1) is 18.1. The van der Waals surface area contributed by atoms with Crippen LogP contribution in [-0.4, -0.2) is 35.7 Å². The van der Waals surface area contributed by atoms with E-state index in [0.29, 0.717) is 6.04 Å². The summed E-state index contributed by atoms with van der Waals surface area (Å²) in [6, 6.07) is 10.8. The number of nitrogens with two attached hydrogens (primary N) is 1. The maximum absolute atomic E-state index is 9.36. The van der Waals surface area contributed by atoms with Crippen LogP contribution in [0.4, 0.5) is 0 Å². The molecule has 3 nitrogen and oxygen atoms in total. The molecule has 0 heterocycles. The van der Waals surface area contributed by atoms with Crippen molar-refractivity contribution in [2.45, 2.75) is 52.6 Å². The molecule has 0 saturated carbocycles. The topological polar surface area (TPSA) is 49.5 Å². The standard InChI is InChI=1S/C18H32N2O/c1-5-16(6-2)20(12-13-21)14-18(3,4)17(19)15-10-8-7-9-11-15/h7-11,16-17,21H,5-6,12-14,19H2,1-4H3. The largest absolute Gasteiger partial charge is 0.395 e. The van der Waals surface area contributed by atoms with Crippen LogP contribution in [-0.2, 0) is 0 Å². The SMILES string of the molecule is CCC(CC)N(CCO)CC(C)(C)C(N)c1ccccc1. The Labute approximate surface area is 130 Å². The van der Waals surface area contributed by atoms with E-state index in [9.17, 15) is 5.11 Å². The van der Waals surface area contributed by atoms with Gasteiger partial charge in [0.2, 0.25) is 0 Å². The average molecular weight is 292 g/mol. The predicted octanol–water partition coefficient (Wildman–Crippen LogP) is 3.20. The van der Waals surface area contributed by atoms with Crippen LogP contribution in [0.2, 0.25) is 0 Å². The maximum atomic E-state index is 9.36. The van der Waals surface area contributed by atoms with Crippen molar-refractivity contribution in [1.29, 1.82) is 0 Å². The number of aliphatic hydroxyl groups is 1. The summed E-state index contributed by atoms with van der Waals surface area (Å²) in [7, 11) is 0. The molecule has 1 aromatic carbocycles. The van der Waals surface area contributed by atoms with E-state index >= 15 is 0 Å². The minimum atomic E-state index is -0.0425. The highest BCUT2D eigenvalue weighted by Gasteiger charge is 2.31. The highest BCUT2D eigenvalue weighted by atomic mass is 16.3. The van der Waals surface area contributed by atoms with E-state index in [1.807, 2.05) is 18.2 Å². The van der Waals surface area contributed by atoms with Crippen LogP contribution < -0.4 is 5.73 Å². The summed E-state index contributed by atoms with van der Waals surface area (Å²) in [5.41, 5.74) is 7.65. The van der Waals surface area contributed by atoms with E-state index in [2.05, 4.69) is 44.7 Å². The Bertz CT molecular complexity index is 387. The Hall–Kier alpha value is -0.900. The van der Waals surface area contributed by atoms with Crippen molar-refractivity contribution < 1.29 is 5.11 Å². The zero-order chi connectivity index (χ0) is 15.9. The highest BCUT2D eigenvalue weighted by Crippen LogP contribution is 2.33. The molecule has 0 saturated heterocycles. The van der Waals surface area contributed by atoms with Gasteiger partial charge in [-0.1, -0.05) is 58.0 Å². The Balaban J connectivity index is 2.84. The lowest BCUT2D eigenvalue weighted by Gasteiger charge is -2.40. The molecule has 0 aliphatic rings. The first-order valence-electron chi connectivity index (χ1n) is 8.11. The van der Waals surface area contributed by atoms with Gasteiger partial charge in [-0.2, -0.15) is 0 Å². The lowest BCUT2D eigenvalue weighted by atomic mass is 9.80. The Morgan fingerprint density at radius 3 is 2.19 bits per heavy atom. The smallest absolute Gasteiger partial charge is 0.0558 e. The van der Waals surface area contributed by atoms with Crippen LogP contribution in [0.1, 0.15) is 52.1 Å². The summed E-state index contributed by atoms with van der Waals surface area (Å²) >= 11 is 0. The summed E-state index contributed by atoms with van der Waals surface area (Å²) in [6.07, 6.45) is 2.21. The second-order valence-corrected chi connectivity index (χ2v) is 6.54. The fourth-order valence-corrected chi connectivity index (χ4v) is 3.06. The van der Waals surface area contributed by atoms with Crippen molar-refractivity contribution in [3.05, 3.63) is 35.9 Å². The van der Waals surface area contributed by atoms with E-state index in [0.717, 1.165) is 25.9 Å². The lowest BCUT2D eigenvalue weighted by molar-refractivity contribution is 0.0853. The third-order valence-electron chi connectivity index (χ3n) is 4.46. The van der Waals surface area contributed by atoms with Gasteiger partial charge in [-0.3, -0.25) is 4.90 Å². The minimum Gasteiger partial charge on any atom is -0.395 e. The molecule has 1 aromatic rings. The van der Waals surface area contributed by atoms with Crippen molar-refractivity contribution in [2.24, 2.45) is 11.1 Å². The zero-order valence-corrected chi connectivity index (χ0v) is 14.0. The molecular formula is C18H32N2O. The lowest BCUT2D eigenvalue weighted by Crippen LogP contribution is -2.46. The fraction of sp³-hybridized carbons (Fsp3) is 0.667. The van der Waals surface area contributed by atoms with Gasteiger partial charge >= 0.3 is 0 Å². The summed E-state index contributed by atoms with van der Waals surface area (Å²) in [5.74, 6) is 0. The number of nitrogens with zero attached hydrogens (tertiary/aromatic N) is 1. The molecule has 0 amide bonds. The molecule has 120 valence electrons. The molecule has 1 atom stereocenters. The van der Waals surface area contributed by atoms with Crippen molar-refractivity contribution in [3.8, 4) is 0 Å². The number of hydrogen-bond acceptors (Lipinski definition) is 3. The Morgan fingerprint density at radius 1 is 1.14 bits per heavy atom. The van der Waals surface area contributed by atoms with Gasteiger partial charge in [0, 0.05) is 25.2 Å². The third kappa shape index (κ3) is 5.10. The second-order valence-electron chi connectivity index (χ2n) is 6.54. The number of benzene rings is 1. The van der Waals surface area contributed by atoms with Gasteiger partial charge in [-0.05, 0) is 23.8 Å². The summed E-state index contributed by atoms with van der Waals surface area (Å²) in [5, 5.41) is 9.36. The first-order valence-corrected chi connectivity index (χ1v) is 8.11. The monoisotopic (exact) mass is 292 g/mol. The molecule has 1 unspecified atom stereocenters. The minimum absolute atomic E-state index is 0.00532. The van der Waals surface area contributed by atoms with Gasteiger partial charge in [0.1, 0.15) is 0 Å². The van der Waals surface area contributed by atoms with E-state index in [4.69, 9.17) is 5.73 Å². The van der Waals surface area contributed by atoms with Crippen molar-refractivity contribution in [2.75, 3.05) is 19.7 Å². The second kappa shape index (κ2) is 8.52. The molecule has 3 heteroatoms. The van der Waals surface area contributed by atoms with Crippen molar-refractivity contribution in [3.63, 3.8) is 0 Å². The van der Waals surface area contributed by atoms with Crippen molar-refractivity contribution in [1.82, 2.24) is 4.90 Å². The van der Waals surface area contributed by atoms with Crippen LogP contribution in [0.3, 0.4) is 0 Å². The number of aliphatic hydroxyl groups excluding tert-OH is 1. The van der Waals surface area contributed by atoms with Crippen LogP contribution in [0.15, 0.2) is 30.3 Å². The molecule has 3 N–H and O–H groups in total. The molecule has 0 aliphatic heterocycles. The number of hydrogen-bond donors (Lipinski definition) is 2. The first-order chi connectivity index (χ1) is 9.96. The van der Waals surface area contributed by atoms with Crippen molar-refractivity contribution >= 4 is 0 Å². The molecule has 0 radical (unpaired) electrons. The average Bonchev–Trinajstić information content (AvgIpc) is 2.48. The van der Waals surface area contributed by atoms with Crippen LogP contribution in [0.25, 0.3) is 0 Å². The van der Waals surface area contributed by atoms with E-state index < -0.39 is 0 Å². The Kier molecular flexibility index (Phi) is 7.36. The van der Waals surface area contributed by atoms with Gasteiger partial charge < -0.3 is 10.8 Å². The molecule has 1 rings (SSSR count). The summed E-state index contributed by atoms with van der Waals surface area (Å²) in [6.45, 7) is 10.7. The molecule has 0 aromatic heterocycles. The summed E-state index contributed by atoms with van der Waals surface area (Å²) in [4.78, 5) is 2.39. The fourth-order valence-electron chi connectivity index (χ4n) is 3.06. The third-order valence-corrected chi connectivity index (χ3v) is 4.46. The van der Waals surface area contributed by atoms with Gasteiger partial charge in [0.05, 0.1) is 6.61 Å². The quantitative estimate of drug-likeness (QED) is 0.735. The van der Waals surface area contributed by atoms with Gasteiger partial charge in [0.25, 0.3) is 0 Å². The van der Waals surface area contributed by atoms with Crippen LogP contribution in [0.5, 0.6) is 0 Å². The normalized spacial score (nSPS) is 13.9. The molecule has 0 spiro atoms. The molecule has 0 bridgehead atoms. The number of rotatable bonds is 9. The highest BCUT2D eigenvalue weighted by molar-refractivity contribution is 5.20.